The molecule has 2 nitrogen and oxygen atoms in total. The van der Waals surface area contributed by atoms with Gasteiger partial charge in [0.2, 0.25) is 0 Å². The average molecular weight is 292 g/mol. The van der Waals surface area contributed by atoms with E-state index in [0.29, 0.717) is 0 Å². The van der Waals surface area contributed by atoms with E-state index in [0.717, 1.165) is 43.6 Å². The van der Waals surface area contributed by atoms with Crippen molar-refractivity contribution in [3.63, 3.8) is 0 Å². The van der Waals surface area contributed by atoms with Crippen LogP contribution in [-0.4, -0.2) is 12.3 Å². The van der Waals surface area contributed by atoms with E-state index in [-0.39, 0.29) is 5.41 Å². The van der Waals surface area contributed by atoms with Gasteiger partial charge in [-0.05, 0) is 42.5 Å². The molecule has 2 N–H and O–H groups in total. The highest BCUT2D eigenvalue weighted by molar-refractivity contribution is 6.04. The second kappa shape index (κ2) is 6.45. The molecule has 0 saturated carbocycles. The largest absolute Gasteiger partial charge is 0.313 e. The fourth-order valence-electron chi connectivity index (χ4n) is 3.61. The van der Waals surface area contributed by atoms with Crippen molar-refractivity contribution in [3.8, 4) is 0 Å². The zero-order valence-electron chi connectivity index (χ0n) is 13.2. The molecule has 2 aromatic rings. The van der Waals surface area contributed by atoms with Crippen LogP contribution in [0.4, 0.5) is 0 Å². The Bertz CT molecular complexity index is 648. The summed E-state index contributed by atoms with van der Waals surface area (Å²) in [4.78, 5) is 0. The predicted molar refractivity (Wildman–Crippen MR) is 92.6 cm³/mol. The van der Waals surface area contributed by atoms with Crippen LogP contribution in [0.25, 0.3) is 0 Å². The fourth-order valence-corrected chi connectivity index (χ4v) is 3.61. The molecule has 0 aromatic heterocycles. The average Bonchev–Trinajstić information content (AvgIpc) is 2.86. The van der Waals surface area contributed by atoms with Gasteiger partial charge in [-0.3, -0.25) is 0 Å². The maximum absolute atomic E-state index is 8.28. The molecule has 3 rings (SSSR count). The lowest BCUT2D eigenvalue weighted by Crippen LogP contribution is -2.28. The van der Waals surface area contributed by atoms with Gasteiger partial charge >= 0.3 is 0 Å². The second-order valence-electron chi connectivity index (χ2n) is 6.25. The van der Waals surface area contributed by atoms with Gasteiger partial charge in [0.05, 0.1) is 0 Å². The lowest BCUT2D eigenvalue weighted by atomic mass is 9.76. The van der Waals surface area contributed by atoms with E-state index in [1.54, 1.807) is 0 Å². The summed E-state index contributed by atoms with van der Waals surface area (Å²) < 4.78 is 0. The molecule has 0 fully saturated rings. The molecule has 0 amide bonds. The predicted octanol–water partition coefficient (Wildman–Crippen LogP) is 4.29. The summed E-state index contributed by atoms with van der Waals surface area (Å²) >= 11 is 0. The molecule has 0 aliphatic heterocycles. The molecule has 1 aliphatic carbocycles. The van der Waals surface area contributed by atoms with Crippen LogP contribution in [0.1, 0.15) is 42.9 Å². The number of rotatable bonds is 6. The van der Waals surface area contributed by atoms with Crippen LogP contribution < -0.4 is 5.32 Å². The quantitative estimate of drug-likeness (QED) is 0.766. The monoisotopic (exact) mass is 292 g/mol. The molecule has 1 unspecified atom stereocenters. The number of nitrogens with one attached hydrogen (secondary N) is 2. The molecular formula is C20H24N2. The van der Waals surface area contributed by atoms with Gasteiger partial charge in [0, 0.05) is 17.7 Å². The van der Waals surface area contributed by atoms with Gasteiger partial charge in [0.25, 0.3) is 0 Å². The minimum Gasteiger partial charge on any atom is -0.313 e. The summed E-state index contributed by atoms with van der Waals surface area (Å²) in [6.45, 7) is 4.16. The van der Waals surface area contributed by atoms with Gasteiger partial charge in [0.1, 0.15) is 0 Å². The molecule has 1 aliphatic rings. The third-order valence-corrected chi connectivity index (χ3v) is 4.97. The number of hydrogen-bond donors (Lipinski definition) is 2. The van der Waals surface area contributed by atoms with Crippen LogP contribution in [0.3, 0.4) is 0 Å². The molecule has 0 radical (unpaired) electrons. The first kappa shape index (κ1) is 15.0. The van der Waals surface area contributed by atoms with Crippen molar-refractivity contribution in [2.45, 2.75) is 38.1 Å². The Morgan fingerprint density at radius 2 is 1.77 bits per heavy atom. The summed E-state index contributed by atoms with van der Waals surface area (Å²) in [7, 11) is 0. The van der Waals surface area contributed by atoms with Crippen LogP contribution in [0.15, 0.2) is 54.6 Å². The molecule has 2 aromatic carbocycles. The number of benzene rings is 2. The Kier molecular flexibility index (Phi) is 4.39. The Balaban J connectivity index is 1.64. The maximum atomic E-state index is 8.28. The standard InChI is InChI=1S/C20H24N2/c1-2-20(12-13-22-15-16-8-4-3-5-9-16)14-19(21)17-10-6-7-11-18(17)20/h3-11,21-22H,2,12-15H2,1H3. The van der Waals surface area contributed by atoms with Crippen molar-refractivity contribution in [1.29, 1.82) is 5.41 Å². The summed E-state index contributed by atoms with van der Waals surface area (Å²) in [6, 6.07) is 19.0. The molecule has 1 atom stereocenters. The normalized spacial score (nSPS) is 20.1. The van der Waals surface area contributed by atoms with Gasteiger partial charge in [-0.25, -0.2) is 0 Å². The highest BCUT2D eigenvalue weighted by Gasteiger charge is 2.39. The topological polar surface area (TPSA) is 35.9 Å². The van der Waals surface area contributed by atoms with E-state index >= 15 is 0 Å². The minimum atomic E-state index is 0.150. The summed E-state index contributed by atoms with van der Waals surface area (Å²) in [5, 5.41) is 11.8. The molecular weight excluding hydrogens is 268 g/mol. The third kappa shape index (κ3) is 2.84. The first-order valence-corrected chi connectivity index (χ1v) is 8.17. The van der Waals surface area contributed by atoms with Crippen molar-refractivity contribution < 1.29 is 0 Å². The van der Waals surface area contributed by atoms with Gasteiger partial charge in [-0.2, -0.15) is 0 Å². The molecule has 0 bridgehead atoms. The molecule has 2 heteroatoms. The highest BCUT2D eigenvalue weighted by Crippen LogP contribution is 2.43. The lowest BCUT2D eigenvalue weighted by Gasteiger charge is -2.29. The van der Waals surface area contributed by atoms with Crippen LogP contribution in [0.2, 0.25) is 0 Å². The summed E-state index contributed by atoms with van der Waals surface area (Å²) in [5.41, 5.74) is 4.82. The van der Waals surface area contributed by atoms with Crippen molar-refractivity contribution in [3.05, 3.63) is 71.3 Å². The van der Waals surface area contributed by atoms with E-state index in [4.69, 9.17) is 5.41 Å². The maximum Gasteiger partial charge on any atom is 0.0398 e. The molecule has 0 saturated heterocycles. The van der Waals surface area contributed by atoms with E-state index in [2.05, 4.69) is 60.8 Å². The number of hydrogen-bond acceptors (Lipinski definition) is 2. The molecule has 0 spiro atoms. The number of fused-ring (bicyclic) bond motifs is 1. The minimum absolute atomic E-state index is 0.150. The van der Waals surface area contributed by atoms with Gasteiger partial charge in [-0.1, -0.05) is 61.5 Å². The van der Waals surface area contributed by atoms with Gasteiger partial charge in [-0.15, -0.1) is 0 Å². The third-order valence-electron chi connectivity index (χ3n) is 4.97. The van der Waals surface area contributed by atoms with Crippen LogP contribution >= 0.6 is 0 Å². The van der Waals surface area contributed by atoms with Crippen molar-refractivity contribution >= 4 is 5.71 Å². The molecule has 0 heterocycles. The Hall–Kier alpha value is -1.93. The fraction of sp³-hybridized carbons (Fsp3) is 0.350. The van der Waals surface area contributed by atoms with E-state index in [1.807, 2.05) is 6.07 Å². The van der Waals surface area contributed by atoms with E-state index < -0.39 is 0 Å². The molecule has 114 valence electrons. The van der Waals surface area contributed by atoms with Crippen molar-refractivity contribution in [2.24, 2.45) is 0 Å². The van der Waals surface area contributed by atoms with Gasteiger partial charge < -0.3 is 10.7 Å². The summed E-state index contributed by atoms with van der Waals surface area (Å²) in [5.74, 6) is 0. The first-order chi connectivity index (χ1) is 10.7. The van der Waals surface area contributed by atoms with Crippen molar-refractivity contribution in [2.75, 3.05) is 6.54 Å². The van der Waals surface area contributed by atoms with Gasteiger partial charge in [0.15, 0.2) is 0 Å². The second-order valence-corrected chi connectivity index (χ2v) is 6.25. The van der Waals surface area contributed by atoms with Crippen LogP contribution in [-0.2, 0) is 12.0 Å². The zero-order valence-corrected chi connectivity index (χ0v) is 13.2. The smallest absolute Gasteiger partial charge is 0.0398 e. The molecule has 22 heavy (non-hydrogen) atoms. The lowest BCUT2D eigenvalue weighted by molar-refractivity contribution is 0.391. The van der Waals surface area contributed by atoms with Crippen LogP contribution in [0.5, 0.6) is 0 Å². The van der Waals surface area contributed by atoms with Crippen molar-refractivity contribution in [1.82, 2.24) is 5.32 Å². The van der Waals surface area contributed by atoms with E-state index in [1.165, 1.54) is 11.1 Å². The summed E-state index contributed by atoms with van der Waals surface area (Å²) in [6.07, 6.45) is 3.07. The Morgan fingerprint density at radius 1 is 1.05 bits per heavy atom. The SMILES string of the molecule is CCC1(CCNCc2ccccc2)CC(=N)c2ccccc21. The van der Waals surface area contributed by atoms with E-state index in [9.17, 15) is 0 Å². The highest BCUT2D eigenvalue weighted by atomic mass is 14.8. The zero-order chi connectivity index (χ0) is 15.4. The first-order valence-electron chi connectivity index (χ1n) is 8.17. The Morgan fingerprint density at radius 3 is 2.55 bits per heavy atom. The van der Waals surface area contributed by atoms with Crippen LogP contribution in [0, 0.1) is 5.41 Å². The Labute approximate surface area is 133 Å².